The van der Waals surface area contributed by atoms with Gasteiger partial charge in [0.05, 0.1) is 43.0 Å². The van der Waals surface area contributed by atoms with Gasteiger partial charge in [-0.25, -0.2) is 0 Å². The Morgan fingerprint density at radius 2 is 1.77 bits per heavy atom. The van der Waals surface area contributed by atoms with E-state index in [0.717, 1.165) is 0 Å². The third-order valence-corrected chi connectivity index (χ3v) is 5.90. The van der Waals surface area contributed by atoms with Crippen LogP contribution < -0.4 is 19.1 Å². The molecule has 0 radical (unpaired) electrons. The third kappa shape index (κ3) is 4.40. The van der Waals surface area contributed by atoms with Crippen LogP contribution in [0.15, 0.2) is 66.5 Å². The molecule has 1 amide bonds. The van der Waals surface area contributed by atoms with Gasteiger partial charge in [0.25, 0.3) is 11.7 Å². The number of hydrogen-bond donors (Lipinski definition) is 1. The molecule has 3 aromatic rings. The van der Waals surface area contributed by atoms with Gasteiger partial charge in [0, 0.05) is 30.2 Å². The van der Waals surface area contributed by atoms with Crippen LogP contribution in [0.4, 0.5) is 5.69 Å². The van der Waals surface area contributed by atoms with Gasteiger partial charge in [-0.05, 0) is 42.8 Å². The molecule has 180 valence electrons. The molecule has 0 saturated carbocycles. The summed E-state index contributed by atoms with van der Waals surface area (Å²) in [5.74, 6) is -0.958. The number of ketones is 1. The second kappa shape index (κ2) is 10.1. The SMILES string of the molecule is CCOc1cccc(N2C(=O)C(=O)/C(=C(/O)c3cc(Cl)c(OC)cc3OC)C2c2ccncc2)c1. The maximum atomic E-state index is 13.4. The van der Waals surface area contributed by atoms with Crippen molar-refractivity contribution in [2.24, 2.45) is 0 Å². The number of methoxy groups -OCH3 is 2. The first-order chi connectivity index (χ1) is 16.9. The summed E-state index contributed by atoms with van der Waals surface area (Å²) in [5.41, 5.74) is 1.07. The highest BCUT2D eigenvalue weighted by molar-refractivity contribution is 6.51. The topological polar surface area (TPSA) is 98.2 Å². The Bertz CT molecular complexity index is 1310. The van der Waals surface area contributed by atoms with Crippen molar-refractivity contribution >= 4 is 34.7 Å². The highest BCUT2D eigenvalue weighted by atomic mass is 35.5. The summed E-state index contributed by atoms with van der Waals surface area (Å²) >= 11 is 6.30. The highest BCUT2D eigenvalue weighted by Crippen LogP contribution is 2.45. The summed E-state index contributed by atoms with van der Waals surface area (Å²) in [5, 5.41) is 11.6. The minimum absolute atomic E-state index is 0.109. The van der Waals surface area contributed by atoms with Crippen LogP contribution in [0.5, 0.6) is 17.2 Å². The number of nitrogens with zero attached hydrogens (tertiary/aromatic N) is 2. The molecule has 0 aliphatic carbocycles. The number of anilines is 1. The van der Waals surface area contributed by atoms with Crippen LogP contribution in [0, 0.1) is 0 Å². The molecule has 1 N–H and O–H groups in total. The first kappa shape index (κ1) is 24.1. The number of benzene rings is 2. The normalized spacial score (nSPS) is 16.9. The monoisotopic (exact) mass is 494 g/mol. The van der Waals surface area contributed by atoms with Crippen LogP contribution in [0.3, 0.4) is 0 Å². The lowest BCUT2D eigenvalue weighted by Crippen LogP contribution is -2.29. The molecule has 1 aliphatic rings. The minimum Gasteiger partial charge on any atom is -0.507 e. The van der Waals surface area contributed by atoms with Crippen molar-refractivity contribution < 1.29 is 28.9 Å². The lowest BCUT2D eigenvalue weighted by Gasteiger charge is -2.25. The first-order valence-electron chi connectivity index (χ1n) is 10.8. The maximum Gasteiger partial charge on any atom is 0.300 e. The highest BCUT2D eigenvalue weighted by Gasteiger charge is 2.47. The van der Waals surface area contributed by atoms with E-state index in [1.54, 1.807) is 48.8 Å². The Balaban J connectivity index is 1.95. The molecule has 2 heterocycles. The van der Waals surface area contributed by atoms with E-state index in [0.29, 0.717) is 29.4 Å². The third-order valence-electron chi connectivity index (χ3n) is 5.60. The lowest BCUT2D eigenvalue weighted by atomic mass is 9.95. The van der Waals surface area contributed by atoms with Gasteiger partial charge in [-0.2, -0.15) is 0 Å². The maximum absolute atomic E-state index is 13.4. The van der Waals surface area contributed by atoms with Gasteiger partial charge in [0.1, 0.15) is 23.0 Å². The molecule has 35 heavy (non-hydrogen) atoms. The zero-order valence-corrected chi connectivity index (χ0v) is 20.1. The van der Waals surface area contributed by atoms with Gasteiger partial charge in [-0.1, -0.05) is 17.7 Å². The van der Waals surface area contributed by atoms with Crippen LogP contribution in [-0.4, -0.2) is 42.6 Å². The number of aromatic nitrogens is 1. The molecule has 1 aromatic heterocycles. The van der Waals surface area contributed by atoms with Gasteiger partial charge in [0.2, 0.25) is 0 Å². The van der Waals surface area contributed by atoms with Crippen LogP contribution in [0.25, 0.3) is 5.76 Å². The zero-order chi connectivity index (χ0) is 25.1. The molecule has 1 fully saturated rings. The first-order valence-corrected chi connectivity index (χ1v) is 11.1. The Kier molecular flexibility index (Phi) is 6.93. The summed E-state index contributed by atoms with van der Waals surface area (Å²) in [6.45, 7) is 2.29. The van der Waals surface area contributed by atoms with Crippen LogP contribution in [-0.2, 0) is 9.59 Å². The van der Waals surface area contributed by atoms with E-state index >= 15 is 0 Å². The zero-order valence-electron chi connectivity index (χ0n) is 19.3. The smallest absolute Gasteiger partial charge is 0.300 e. The second-order valence-corrected chi connectivity index (χ2v) is 7.97. The number of carbonyl (C=O) groups excluding carboxylic acids is 2. The molecule has 8 nitrogen and oxygen atoms in total. The molecule has 0 bridgehead atoms. The van der Waals surface area contributed by atoms with Gasteiger partial charge in [0.15, 0.2) is 0 Å². The Hall–Kier alpha value is -4.04. The predicted molar refractivity (Wildman–Crippen MR) is 131 cm³/mol. The average molecular weight is 495 g/mol. The Morgan fingerprint density at radius 1 is 1.06 bits per heavy atom. The molecule has 1 unspecified atom stereocenters. The van der Waals surface area contributed by atoms with Crippen molar-refractivity contribution in [3.8, 4) is 17.2 Å². The number of rotatable bonds is 7. The van der Waals surface area contributed by atoms with E-state index in [9.17, 15) is 14.7 Å². The molecule has 0 spiro atoms. The second-order valence-electron chi connectivity index (χ2n) is 7.57. The molecule has 1 atom stereocenters. The van der Waals surface area contributed by atoms with E-state index < -0.39 is 23.5 Å². The van der Waals surface area contributed by atoms with Crippen LogP contribution in [0.2, 0.25) is 5.02 Å². The van der Waals surface area contributed by atoms with Crippen LogP contribution >= 0.6 is 11.6 Å². The molecular formula is C26H23ClN2O6. The quantitative estimate of drug-likeness (QED) is 0.287. The number of hydrogen-bond acceptors (Lipinski definition) is 7. The van der Waals surface area contributed by atoms with E-state index in [4.69, 9.17) is 25.8 Å². The van der Waals surface area contributed by atoms with Gasteiger partial charge in [-0.15, -0.1) is 0 Å². The van der Waals surface area contributed by atoms with Crippen LogP contribution in [0.1, 0.15) is 24.1 Å². The number of carbonyl (C=O) groups is 2. The van der Waals surface area contributed by atoms with Crippen molar-refractivity contribution in [3.05, 3.63) is 82.6 Å². The van der Waals surface area contributed by atoms with Crippen molar-refractivity contribution in [3.63, 3.8) is 0 Å². The fraction of sp³-hybridized carbons (Fsp3) is 0.192. The van der Waals surface area contributed by atoms with Gasteiger partial charge >= 0.3 is 0 Å². The Morgan fingerprint density at radius 3 is 2.43 bits per heavy atom. The lowest BCUT2D eigenvalue weighted by molar-refractivity contribution is -0.132. The van der Waals surface area contributed by atoms with Gasteiger partial charge < -0.3 is 19.3 Å². The van der Waals surface area contributed by atoms with E-state index in [2.05, 4.69) is 4.98 Å². The molecule has 9 heteroatoms. The van der Waals surface area contributed by atoms with Gasteiger partial charge in [-0.3, -0.25) is 19.5 Å². The number of pyridine rings is 1. The number of Topliss-reactive ketones (excluding diaryl/α,β-unsaturated/α-hetero) is 1. The fourth-order valence-corrected chi connectivity index (χ4v) is 4.28. The number of halogens is 1. The molecule has 1 aliphatic heterocycles. The van der Waals surface area contributed by atoms with Crippen molar-refractivity contribution in [2.75, 3.05) is 25.7 Å². The van der Waals surface area contributed by atoms with E-state index in [-0.39, 0.29) is 21.9 Å². The molecule has 2 aromatic carbocycles. The average Bonchev–Trinajstić information content (AvgIpc) is 3.14. The van der Waals surface area contributed by atoms with E-state index in [1.165, 1.54) is 31.3 Å². The molecule has 1 saturated heterocycles. The Labute approximate surface area is 207 Å². The minimum atomic E-state index is -0.930. The van der Waals surface area contributed by atoms with E-state index in [1.807, 2.05) is 6.92 Å². The number of aliphatic hydroxyl groups excluding tert-OH is 1. The summed E-state index contributed by atoms with van der Waals surface area (Å²) in [6, 6.07) is 12.2. The molecule has 4 rings (SSSR count). The summed E-state index contributed by atoms with van der Waals surface area (Å²) < 4.78 is 16.2. The van der Waals surface area contributed by atoms with Crippen molar-refractivity contribution in [1.29, 1.82) is 0 Å². The summed E-state index contributed by atoms with van der Waals surface area (Å²) in [6.07, 6.45) is 3.10. The predicted octanol–water partition coefficient (Wildman–Crippen LogP) is 4.78. The fourth-order valence-electron chi connectivity index (χ4n) is 4.04. The van der Waals surface area contributed by atoms with Crippen molar-refractivity contribution in [2.45, 2.75) is 13.0 Å². The number of amides is 1. The summed E-state index contributed by atoms with van der Waals surface area (Å²) in [7, 11) is 2.86. The summed E-state index contributed by atoms with van der Waals surface area (Å²) in [4.78, 5) is 32.1. The molecular weight excluding hydrogens is 472 g/mol. The largest absolute Gasteiger partial charge is 0.507 e. The number of ether oxygens (including phenoxy) is 3. The van der Waals surface area contributed by atoms with Crippen molar-refractivity contribution in [1.82, 2.24) is 4.98 Å². The standard InChI is InChI=1S/C26H23ClN2O6/c1-4-35-17-7-5-6-16(12-17)29-23(15-8-10-28-11-9-15)22(25(31)26(29)32)24(30)18-13-19(27)21(34-3)14-20(18)33-2/h5-14,23,30H,4H2,1-3H3/b24-22+. The number of aliphatic hydroxyl groups is 1.